The van der Waals surface area contributed by atoms with Crippen LogP contribution in [0.4, 0.5) is 5.69 Å². The van der Waals surface area contributed by atoms with Crippen LogP contribution >= 0.6 is 11.3 Å². The van der Waals surface area contributed by atoms with Crippen LogP contribution in [0.2, 0.25) is 0 Å². The largest absolute Gasteiger partial charge is 0.493 e. The zero-order chi connectivity index (χ0) is 23.6. The van der Waals surface area contributed by atoms with Gasteiger partial charge in [-0.2, -0.15) is 0 Å². The smallest absolute Gasteiger partial charge is 0.262 e. The van der Waals surface area contributed by atoms with Gasteiger partial charge in [-0.3, -0.25) is 19.0 Å². The summed E-state index contributed by atoms with van der Waals surface area (Å²) in [6, 6.07) is 3.07. The summed E-state index contributed by atoms with van der Waals surface area (Å²) < 4.78 is 12.0. The molecule has 32 heavy (non-hydrogen) atoms. The first-order valence-corrected chi connectivity index (χ1v) is 10.7. The first-order chi connectivity index (χ1) is 15.2. The van der Waals surface area contributed by atoms with Crippen molar-refractivity contribution >= 4 is 39.1 Å². The van der Waals surface area contributed by atoms with Crippen molar-refractivity contribution in [1.29, 1.82) is 0 Å². The highest BCUT2D eigenvalue weighted by Gasteiger charge is 2.20. The molecule has 0 spiro atoms. The van der Waals surface area contributed by atoms with Crippen molar-refractivity contribution in [2.45, 2.75) is 26.8 Å². The number of carbonyl (C=O) groups excluding carboxylic acids is 2. The molecule has 0 saturated carbocycles. The van der Waals surface area contributed by atoms with Crippen molar-refractivity contribution in [3.63, 3.8) is 0 Å². The molecule has 3 aromatic rings. The number of ether oxygens (including phenoxy) is 2. The zero-order valence-electron chi connectivity index (χ0n) is 18.9. The van der Waals surface area contributed by atoms with E-state index in [1.54, 1.807) is 20.2 Å². The lowest BCUT2D eigenvalue weighted by molar-refractivity contribution is -0.116. The molecule has 0 aliphatic heterocycles. The number of carbonyl (C=O) groups is 2. The molecule has 1 N–H and O–H groups in total. The summed E-state index contributed by atoms with van der Waals surface area (Å²) in [6.45, 7) is 4.01. The van der Waals surface area contributed by atoms with E-state index in [-0.39, 0.29) is 35.9 Å². The van der Waals surface area contributed by atoms with Gasteiger partial charge < -0.3 is 19.7 Å². The molecular weight excluding hydrogens is 432 g/mol. The van der Waals surface area contributed by atoms with Gasteiger partial charge in [0.05, 0.1) is 37.2 Å². The van der Waals surface area contributed by atoms with Gasteiger partial charge in [0.1, 0.15) is 4.83 Å². The average Bonchev–Trinajstić information content (AvgIpc) is 3.06. The van der Waals surface area contributed by atoms with E-state index in [1.807, 2.05) is 13.8 Å². The second-order valence-electron chi connectivity index (χ2n) is 7.46. The van der Waals surface area contributed by atoms with E-state index in [4.69, 9.17) is 9.47 Å². The molecule has 0 aliphatic rings. The van der Waals surface area contributed by atoms with E-state index in [2.05, 4.69) is 10.3 Å². The van der Waals surface area contributed by atoms with Crippen LogP contribution in [-0.2, 0) is 11.3 Å². The van der Waals surface area contributed by atoms with Crippen LogP contribution in [0.5, 0.6) is 11.5 Å². The van der Waals surface area contributed by atoms with E-state index >= 15 is 0 Å². The van der Waals surface area contributed by atoms with Crippen molar-refractivity contribution in [2.75, 3.05) is 33.6 Å². The van der Waals surface area contributed by atoms with Crippen LogP contribution in [0.1, 0.15) is 27.2 Å². The molecule has 0 aliphatic carbocycles. The number of aryl methyl sites for hydroxylation is 3. The third-order valence-electron chi connectivity index (χ3n) is 5.17. The fourth-order valence-electron chi connectivity index (χ4n) is 3.26. The Morgan fingerprint density at radius 3 is 2.44 bits per heavy atom. The molecule has 3 rings (SSSR count). The Morgan fingerprint density at radius 1 is 1.16 bits per heavy atom. The fraction of sp³-hybridized carbons (Fsp3) is 0.364. The second kappa shape index (κ2) is 9.39. The normalized spacial score (nSPS) is 10.8. The molecule has 2 heterocycles. The maximum absolute atomic E-state index is 12.8. The zero-order valence-corrected chi connectivity index (χ0v) is 19.8. The molecule has 0 radical (unpaired) electrons. The Bertz CT molecular complexity index is 1250. The minimum atomic E-state index is -0.352. The number of amides is 2. The van der Waals surface area contributed by atoms with Gasteiger partial charge in [-0.15, -0.1) is 11.3 Å². The minimum Gasteiger partial charge on any atom is -0.493 e. The highest BCUT2D eigenvalue weighted by Crippen LogP contribution is 2.34. The third kappa shape index (κ3) is 4.45. The lowest BCUT2D eigenvalue weighted by Gasteiger charge is -2.18. The third-order valence-corrected chi connectivity index (χ3v) is 6.29. The van der Waals surface area contributed by atoms with Gasteiger partial charge in [0.2, 0.25) is 5.91 Å². The van der Waals surface area contributed by atoms with Crippen LogP contribution in [0, 0.1) is 13.8 Å². The maximum atomic E-state index is 12.8. The summed E-state index contributed by atoms with van der Waals surface area (Å²) in [5.41, 5.74) is 1.32. The van der Waals surface area contributed by atoms with Gasteiger partial charge >= 0.3 is 0 Å². The lowest BCUT2D eigenvalue weighted by Crippen LogP contribution is -2.26. The summed E-state index contributed by atoms with van der Waals surface area (Å²) in [4.78, 5) is 45.6. The van der Waals surface area contributed by atoms with Crippen molar-refractivity contribution in [1.82, 2.24) is 14.5 Å². The molecule has 0 atom stereocenters. The quantitative estimate of drug-likeness (QED) is 0.584. The Hall–Kier alpha value is -3.40. The second-order valence-corrected chi connectivity index (χ2v) is 8.66. The van der Waals surface area contributed by atoms with Gasteiger partial charge in [-0.1, -0.05) is 0 Å². The summed E-state index contributed by atoms with van der Waals surface area (Å²) in [5.74, 6) is 0.112. The lowest BCUT2D eigenvalue weighted by atomic mass is 10.1. The van der Waals surface area contributed by atoms with E-state index in [0.717, 1.165) is 10.4 Å². The van der Waals surface area contributed by atoms with Crippen molar-refractivity contribution in [3.05, 3.63) is 44.8 Å². The number of nitrogens with zero attached hydrogens (tertiary/aromatic N) is 3. The van der Waals surface area contributed by atoms with E-state index in [9.17, 15) is 14.4 Å². The predicted octanol–water partition coefficient (Wildman–Crippen LogP) is 2.82. The van der Waals surface area contributed by atoms with E-state index < -0.39 is 0 Å². The molecule has 10 heteroatoms. The number of hydrogen-bond acceptors (Lipinski definition) is 7. The SMILES string of the molecule is COc1cc(NC(=O)CCn2cnc3sc(C)c(C)c3c2=O)c(C(=O)N(C)C)cc1OC. The molecule has 0 bridgehead atoms. The molecule has 2 amide bonds. The molecule has 2 aromatic heterocycles. The van der Waals surface area contributed by atoms with Crippen LogP contribution in [-0.4, -0.2) is 54.6 Å². The van der Waals surface area contributed by atoms with Gasteiger partial charge in [-0.25, -0.2) is 4.98 Å². The molecule has 170 valence electrons. The standard InChI is InChI=1S/C22H26N4O5S/c1-12-13(2)32-20-19(12)22(29)26(11-23-20)8-7-18(27)24-15-10-17(31-6)16(30-5)9-14(15)21(28)25(3)4/h9-11H,7-8H2,1-6H3,(H,24,27). The van der Waals surface area contributed by atoms with E-state index in [1.165, 1.54) is 47.4 Å². The maximum Gasteiger partial charge on any atom is 0.262 e. The van der Waals surface area contributed by atoms with Crippen LogP contribution in [0.25, 0.3) is 10.2 Å². The number of hydrogen-bond donors (Lipinski definition) is 1. The monoisotopic (exact) mass is 458 g/mol. The van der Waals surface area contributed by atoms with Crippen molar-refractivity contribution in [2.24, 2.45) is 0 Å². The minimum absolute atomic E-state index is 0.0270. The number of rotatable bonds is 7. The van der Waals surface area contributed by atoms with Gasteiger partial charge in [0, 0.05) is 38.0 Å². The first-order valence-electron chi connectivity index (χ1n) is 9.90. The fourth-order valence-corrected chi connectivity index (χ4v) is 4.25. The Balaban J connectivity index is 1.84. The summed E-state index contributed by atoms with van der Waals surface area (Å²) >= 11 is 1.48. The Kier molecular flexibility index (Phi) is 6.83. The number of thiophene rings is 1. The Labute approximate surface area is 189 Å². The van der Waals surface area contributed by atoms with Gasteiger partial charge in [0.15, 0.2) is 11.5 Å². The topological polar surface area (TPSA) is 103 Å². The molecular formula is C22H26N4O5S. The molecule has 9 nitrogen and oxygen atoms in total. The van der Waals surface area contributed by atoms with Crippen molar-refractivity contribution in [3.8, 4) is 11.5 Å². The van der Waals surface area contributed by atoms with Crippen LogP contribution in [0.3, 0.4) is 0 Å². The molecule has 0 fully saturated rings. The van der Waals surface area contributed by atoms with Gasteiger partial charge in [-0.05, 0) is 25.5 Å². The number of aromatic nitrogens is 2. The van der Waals surface area contributed by atoms with E-state index in [0.29, 0.717) is 27.4 Å². The first kappa shape index (κ1) is 23.3. The van der Waals surface area contributed by atoms with Crippen LogP contribution < -0.4 is 20.3 Å². The molecule has 1 aromatic carbocycles. The molecule has 0 unspecified atom stereocenters. The van der Waals surface area contributed by atoms with Crippen LogP contribution in [0.15, 0.2) is 23.3 Å². The number of methoxy groups -OCH3 is 2. The summed E-state index contributed by atoms with van der Waals surface area (Å²) in [5, 5.41) is 3.35. The number of nitrogens with one attached hydrogen (secondary N) is 1. The number of benzene rings is 1. The predicted molar refractivity (Wildman–Crippen MR) is 124 cm³/mol. The number of anilines is 1. The van der Waals surface area contributed by atoms with Gasteiger partial charge in [0.25, 0.3) is 11.5 Å². The average molecular weight is 459 g/mol. The number of fused-ring (bicyclic) bond motifs is 1. The Morgan fingerprint density at radius 2 is 1.81 bits per heavy atom. The highest BCUT2D eigenvalue weighted by atomic mass is 32.1. The summed E-state index contributed by atoms with van der Waals surface area (Å²) in [6.07, 6.45) is 1.49. The highest BCUT2D eigenvalue weighted by molar-refractivity contribution is 7.18. The molecule has 0 saturated heterocycles. The summed E-state index contributed by atoms with van der Waals surface area (Å²) in [7, 11) is 6.18. The van der Waals surface area contributed by atoms with Crippen molar-refractivity contribution < 1.29 is 19.1 Å².